The second kappa shape index (κ2) is 6.30. The molecule has 1 aliphatic carbocycles. The molecule has 1 nitrogen and oxygen atoms in total. The van der Waals surface area contributed by atoms with Gasteiger partial charge in [0.2, 0.25) is 0 Å². The molecule has 0 spiro atoms. The highest BCUT2D eigenvalue weighted by Gasteiger charge is 2.41. The molecule has 0 radical (unpaired) electrons. The predicted molar refractivity (Wildman–Crippen MR) is 62.5 cm³/mol. The summed E-state index contributed by atoms with van der Waals surface area (Å²) in [4.78, 5) is 0. The lowest BCUT2D eigenvalue weighted by Crippen LogP contribution is -2.41. The van der Waals surface area contributed by atoms with Crippen molar-refractivity contribution in [1.82, 2.24) is 5.32 Å². The lowest BCUT2D eigenvalue weighted by atomic mass is 9.85. The topological polar surface area (TPSA) is 12.0 Å². The van der Waals surface area contributed by atoms with Crippen LogP contribution in [0.4, 0.5) is 13.2 Å². The maximum atomic E-state index is 12.5. The number of alkyl halides is 3. The molecule has 1 saturated carbocycles. The highest BCUT2D eigenvalue weighted by Crippen LogP contribution is 2.37. The SMILES string of the molecule is C#CCC(CC)NC1CCC(C(F)(F)F)CC1. The minimum Gasteiger partial charge on any atom is -0.310 e. The van der Waals surface area contributed by atoms with Gasteiger partial charge in [-0.25, -0.2) is 0 Å². The first-order valence-electron chi connectivity index (χ1n) is 6.23. The van der Waals surface area contributed by atoms with Crippen LogP contribution in [0, 0.1) is 18.3 Å². The fraction of sp³-hybridized carbons (Fsp3) is 0.846. The fourth-order valence-corrected chi connectivity index (χ4v) is 2.38. The van der Waals surface area contributed by atoms with E-state index in [1.165, 1.54) is 0 Å². The second-order valence-corrected chi connectivity index (χ2v) is 4.77. The molecule has 1 fully saturated rings. The minimum atomic E-state index is -4.02. The summed E-state index contributed by atoms with van der Waals surface area (Å²) in [6.45, 7) is 2.04. The Morgan fingerprint density at radius 2 is 1.88 bits per heavy atom. The molecule has 1 N–H and O–H groups in total. The van der Waals surface area contributed by atoms with E-state index in [0.717, 1.165) is 6.42 Å². The second-order valence-electron chi connectivity index (χ2n) is 4.77. The summed E-state index contributed by atoms with van der Waals surface area (Å²) in [6.07, 6.45) is 4.49. The average molecular weight is 247 g/mol. The highest BCUT2D eigenvalue weighted by atomic mass is 19.4. The number of nitrogens with one attached hydrogen (secondary N) is 1. The first-order chi connectivity index (χ1) is 7.97. The first-order valence-corrected chi connectivity index (χ1v) is 6.23. The van der Waals surface area contributed by atoms with Crippen LogP contribution < -0.4 is 5.32 Å². The molecule has 0 heterocycles. The number of rotatable bonds is 4. The maximum Gasteiger partial charge on any atom is 0.391 e. The molecule has 1 atom stereocenters. The van der Waals surface area contributed by atoms with Crippen molar-refractivity contribution in [1.29, 1.82) is 0 Å². The Morgan fingerprint density at radius 1 is 1.29 bits per heavy atom. The van der Waals surface area contributed by atoms with Gasteiger partial charge in [0.05, 0.1) is 5.92 Å². The normalized spacial score (nSPS) is 27.5. The largest absolute Gasteiger partial charge is 0.391 e. The van der Waals surface area contributed by atoms with Crippen molar-refractivity contribution in [3.05, 3.63) is 0 Å². The van der Waals surface area contributed by atoms with Gasteiger partial charge in [0, 0.05) is 18.5 Å². The van der Waals surface area contributed by atoms with Crippen molar-refractivity contribution in [3.63, 3.8) is 0 Å². The zero-order chi connectivity index (χ0) is 12.9. The van der Waals surface area contributed by atoms with Gasteiger partial charge < -0.3 is 5.32 Å². The number of hydrogen-bond acceptors (Lipinski definition) is 1. The van der Waals surface area contributed by atoms with Crippen LogP contribution >= 0.6 is 0 Å². The molecule has 1 unspecified atom stereocenters. The van der Waals surface area contributed by atoms with Crippen LogP contribution in [0.25, 0.3) is 0 Å². The van der Waals surface area contributed by atoms with E-state index in [0.29, 0.717) is 19.3 Å². The fourth-order valence-electron chi connectivity index (χ4n) is 2.38. The summed E-state index contributed by atoms with van der Waals surface area (Å²) in [6, 6.07) is 0.444. The van der Waals surface area contributed by atoms with Crippen LogP contribution in [-0.4, -0.2) is 18.3 Å². The zero-order valence-corrected chi connectivity index (χ0v) is 10.2. The van der Waals surface area contributed by atoms with Gasteiger partial charge in [-0.2, -0.15) is 13.2 Å². The molecule has 0 aromatic heterocycles. The van der Waals surface area contributed by atoms with E-state index in [1.54, 1.807) is 0 Å². The molecule has 0 bridgehead atoms. The van der Waals surface area contributed by atoms with Crippen LogP contribution in [0.1, 0.15) is 45.4 Å². The van der Waals surface area contributed by atoms with Crippen molar-refractivity contribution < 1.29 is 13.2 Å². The first kappa shape index (κ1) is 14.4. The van der Waals surface area contributed by atoms with Crippen molar-refractivity contribution in [3.8, 4) is 12.3 Å². The van der Waals surface area contributed by atoms with Gasteiger partial charge in [-0.15, -0.1) is 12.3 Å². The molecule has 0 aliphatic heterocycles. The Balaban J connectivity index is 2.35. The summed E-state index contributed by atoms with van der Waals surface area (Å²) in [7, 11) is 0. The van der Waals surface area contributed by atoms with Gasteiger partial charge in [0.25, 0.3) is 0 Å². The third kappa shape index (κ3) is 4.59. The molecule has 1 rings (SSSR count). The summed E-state index contributed by atoms with van der Waals surface area (Å²) in [5.74, 6) is 1.50. The Bertz CT molecular complexity index is 259. The van der Waals surface area contributed by atoms with E-state index in [-0.39, 0.29) is 24.9 Å². The third-order valence-electron chi connectivity index (χ3n) is 3.52. The predicted octanol–water partition coefficient (Wildman–Crippen LogP) is 3.50. The van der Waals surface area contributed by atoms with Crippen LogP contribution in [0.2, 0.25) is 0 Å². The number of terminal acetylenes is 1. The minimum absolute atomic E-state index is 0.201. The van der Waals surface area contributed by atoms with Crippen LogP contribution in [0.15, 0.2) is 0 Å². The molecule has 98 valence electrons. The van der Waals surface area contributed by atoms with Gasteiger partial charge in [-0.05, 0) is 32.1 Å². The van der Waals surface area contributed by atoms with Crippen molar-refractivity contribution in [2.75, 3.05) is 0 Å². The van der Waals surface area contributed by atoms with E-state index in [9.17, 15) is 13.2 Å². The van der Waals surface area contributed by atoms with E-state index in [4.69, 9.17) is 6.42 Å². The van der Waals surface area contributed by atoms with E-state index in [1.807, 2.05) is 6.92 Å². The van der Waals surface area contributed by atoms with Crippen molar-refractivity contribution in [2.45, 2.75) is 63.7 Å². The Labute approximate surface area is 101 Å². The summed E-state index contributed by atoms with van der Waals surface area (Å²) in [5.41, 5.74) is 0. The monoisotopic (exact) mass is 247 g/mol. The molecule has 0 amide bonds. The van der Waals surface area contributed by atoms with Crippen molar-refractivity contribution in [2.24, 2.45) is 5.92 Å². The summed E-state index contributed by atoms with van der Waals surface area (Å²) < 4.78 is 37.4. The molecular formula is C13H20F3N. The van der Waals surface area contributed by atoms with E-state index < -0.39 is 12.1 Å². The zero-order valence-electron chi connectivity index (χ0n) is 10.2. The molecule has 17 heavy (non-hydrogen) atoms. The molecule has 0 aromatic rings. The third-order valence-corrected chi connectivity index (χ3v) is 3.52. The average Bonchev–Trinajstić information content (AvgIpc) is 2.28. The lowest BCUT2D eigenvalue weighted by Gasteiger charge is -2.32. The number of halogens is 3. The standard InChI is InChI=1S/C13H20F3N/c1-3-5-11(4-2)17-12-8-6-10(7-9-12)13(14,15)16/h1,10-12,17H,4-9H2,2H3. The molecular weight excluding hydrogens is 227 g/mol. The van der Waals surface area contributed by atoms with E-state index >= 15 is 0 Å². The maximum absolute atomic E-state index is 12.5. The molecule has 4 heteroatoms. The smallest absolute Gasteiger partial charge is 0.310 e. The van der Waals surface area contributed by atoms with E-state index in [2.05, 4.69) is 11.2 Å². The Morgan fingerprint density at radius 3 is 2.29 bits per heavy atom. The number of hydrogen-bond donors (Lipinski definition) is 1. The highest BCUT2D eigenvalue weighted by molar-refractivity contribution is 4.91. The summed E-state index contributed by atoms with van der Waals surface area (Å²) >= 11 is 0. The summed E-state index contributed by atoms with van der Waals surface area (Å²) in [5, 5.41) is 3.37. The van der Waals surface area contributed by atoms with Gasteiger partial charge >= 0.3 is 6.18 Å². The molecule has 0 aromatic carbocycles. The quantitative estimate of drug-likeness (QED) is 0.750. The van der Waals surface area contributed by atoms with Gasteiger partial charge in [-0.3, -0.25) is 0 Å². The van der Waals surface area contributed by atoms with Gasteiger partial charge in [0.1, 0.15) is 0 Å². The molecule has 0 saturated heterocycles. The van der Waals surface area contributed by atoms with Crippen molar-refractivity contribution >= 4 is 0 Å². The molecule has 1 aliphatic rings. The van der Waals surface area contributed by atoms with Crippen LogP contribution in [0.5, 0.6) is 0 Å². The Hall–Kier alpha value is -0.690. The Kier molecular flexibility index (Phi) is 5.32. The van der Waals surface area contributed by atoms with Gasteiger partial charge in [-0.1, -0.05) is 6.92 Å². The lowest BCUT2D eigenvalue weighted by molar-refractivity contribution is -0.182. The van der Waals surface area contributed by atoms with Crippen LogP contribution in [-0.2, 0) is 0 Å². The van der Waals surface area contributed by atoms with Gasteiger partial charge in [0.15, 0.2) is 0 Å². The van der Waals surface area contributed by atoms with Crippen LogP contribution in [0.3, 0.4) is 0 Å².